The molecule has 0 saturated heterocycles. The Balaban J connectivity index is 4.25. The van der Waals surface area contributed by atoms with Crippen molar-refractivity contribution < 1.29 is 38.2 Å². The molecular formula is C61H106NO7+. The van der Waals surface area contributed by atoms with Crippen molar-refractivity contribution in [2.45, 2.75) is 244 Å². The van der Waals surface area contributed by atoms with Crippen molar-refractivity contribution in [2.75, 3.05) is 41.0 Å². The summed E-state index contributed by atoms with van der Waals surface area (Å²) in [5.41, 5.74) is 0. The summed E-state index contributed by atoms with van der Waals surface area (Å²) in [6.07, 6.45) is 67.8. The molecule has 8 heteroatoms. The van der Waals surface area contributed by atoms with Gasteiger partial charge in [0, 0.05) is 19.3 Å². The van der Waals surface area contributed by atoms with E-state index in [2.05, 4.69) is 98.9 Å². The minimum atomic E-state index is -0.879. The van der Waals surface area contributed by atoms with E-state index < -0.39 is 18.1 Å². The van der Waals surface area contributed by atoms with Crippen LogP contribution in [0.1, 0.15) is 232 Å². The average molecular weight is 966 g/mol. The minimum absolute atomic E-state index is 0.0504. The van der Waals surface area contributed by atoms with Crippen molar-refractivity contribution in [2.24, 2.45) is 0 Å². The van der Waals surface area contributed by atoms with Crippen LogP contribution in [0.25, 0.3) is 0 Å². The molecule has 0 radical (unpaired) electrons. The first-order valence-corrected chi connectivity index (χ1v) is 28.1. The third-order valence-corrected chi connectivity index (χ3v) is 12.3. The van der Waals surface area contributed by atoms with Gasteiger partial charge in [0.05, 0.1) is 34.4 Å². The van der Waals surface area contributed by atoms with Crippen LogP contribution in [-0.2, 0) is 28.6 Å². The Labute approximate surface area is 424 Å². The number of nitrogens with zero attached hydrogens (tertiary/aromatic N) is 1. The molecule has 0 saturated carbocycles. The second-order valence-corrected chi connectivity index (χ2v) is 19.8. The van der Waals surface area contributed by atoms with Gasteiger partial charge in [0.25, 0.3) is 0 Å². The average Bonchev–Trinajstić information content (AvgIpc) is 3.31. The smallest absolute Gasteiger partial charge is 0.362 e. The minimum Gasteiger partial charge on any atom is -0.477 e. The summed E-state index contributed by atoms with van der Waals surface area (Å²) in [7, 11) is 5.53. The third-order valence-electron chi connectivity index (χ3n) is 12.3. The van der Waals surface area contributed by atoms with Gasteiger partial charge < -0.3 is 23.8 Å². The maximum atomic E-state index is 12.8. The Morgan fingerprint density at radius 1 is 0.449 bits per heavy atom. The molecule has 0 aliphatic heterocycles. The fourth-order valence-corrected chi connectivity index (χ4v) is 7.97. The molecule has 396 valence electrons. The Kier molecular flexibility index (Phi) is 48.3. The quantitative estimate of drug-likeness (QED) is 0.0281. The molecule has 0 fully saturated rings. The molecule has 0 heterocycles. The number of allylic oxidation sites excluding steroid dienone is 14. The molecule has 0 aliphatic carbocycles. The lowest BCUT2D eigenvalue weighted by Gasteiger charge is -2.31. The summed E-state index contributed by atoms with van der Waals surface area (Å²) in [6.45, 7) is 4.62. The number of carboxylic acids is 1. The van der Waals surface area contributed by atoms with Crippen LogP contribution in [0.15, 0.2) is 85.1 Å². The maximum absolute atomic E-state index is 12.8. The van der Waals surface area contributed by atoms with E-state index in [9.17, 15) is 19.5 Å². The standard InChI is InChI=1S/C61H105NO7/c1-6-8-10-12-14-16-18-20-22-24-26-28-30-32-33-35-37-39-41-43-45-47-49-51-59(63)68-56-57(55-67-54-53-58(61(65)66)62(3,4)5)69-60(64)52-50-48-46-44-42-40-38-36-34-31-29-27-25-23-21-19-17-15-13-11-9-7-2/h8,10,14,16,20,22,25-28,31-34,57-58H,6-7,9,11-13,15,17-19,21,23-24,29-30,35-56H2,1-5H3/p+1/b10-8+,16-14+,22-20+,27-25+,28-26+,33-32+,34-31+. The molecule has 69 heavy (non-hydrogen) atoms. The number of aliphatic carboxylic acids is 1. The van der Waals surface area contributed by atoms with Crippen molar-refractivity contribution in [1.82, 2.24) is 0 Å². The van der Waals surface area contributed by atoms with E-state index >= 15 is 0 Å². The second-order valence-electron chi connectivity index (χ2n) is 19.8. The van der Waals surface area contributed by atoms with Crippen LogP contribution >= 0.6 is 0 Å². The van der Waals surface area contributed by atoms with Crippen molar-refractivity contribution >= 4 is 17.9 Å². The molecule has 0 aromatic rings. The fourth-order valence-electron chi connectivity index (χ4n) is 7.97. The summed E-state index contributed by atoms with van der Waals surface area (Å²) in [5, 5.41) is 9.68. The Bertz CT molecular complexity index is 1400. The highest BCUT2D eigenvalue weighted by molar-refractivity contribution is 5.72. The van der Waals surface area contributed by atoms with Crippen LogP contribution in [0.2, 0.25) is 0 Å². The molecule has 0 amide bonds. The van der Waals surface area contributed by atoms with Gasteiger partial charge in [0.2, 0.25) is 0 Å². The summed E-state index contributed by atoms with van der Waals surface area (Å²) >= 11 is 0. The summed E-state index contributed by atoms with van der Waals surface area (Å²) in [4.78, 5) is 37.3. The van der Waals surface area contributed by atoms with E-state index in [1.54, 1.807) is 0 Å². The van der Waals surface area contributed by atoms with Gasteiger partial charge in [-0.2, -0.15) is 0 Å². The number of esters is 2. The highest BCUT2D eigenvalue weighted by Crippen LogP contribution is 2.15. The van der Waals surface area contributed by atoms with Crippen LogP contribution in [0, 0.1) is 0 Å². The molecule has 0 rings (SSSR count). The number of carbonyl (C=O) groups is 3. The van der Waals surface area contributed by atoms with E-state index in [1.165, 1.54) is 109 Å². The Morgan fingerprint density at radius 2 is 0.812 bits per heavy atom. The van der Waals surface area contributed by atoms with Gasteiger partial charge in [0.15, 0.2) is 12.1 Å². The number of hydrogen-bond acceptors (Lipinski definition) is 6. The third kappa shape index (κ3) is 49.3. The first-order valence-electron chi connectivity index (χ1n) is 28.1. The van der Waals surface area contributed by atoms with Gasteiger partial charge >= 0.3 is 17.9 Å². The summed E-state index contributed by atoms with van der Waals surface area (Å²) < 4.78 is 17.4. The lowest BCUT2D eigenvalue weighted by molar-refractivity contribution is -0.887. The molecule has 2 unspecified atom stereocenters. The van der Waals surface area contributed by atoms with E-state index in [-0.39, 0.29) is 36.2 Å². The van der Waals surface area contributed by atoms with E-state index in [0.29, 0.717) is 19.3 Å². The number of hydrogen-bond donors (Lipinski definition) is 1. The topological polar surface area (TPSA) is 99.1 Å². The molecule has 0 aliphatic rings. The van der Waals surface area contributed by atoms with E-state index in [4.69, 9.17) is 14.2 Å². The number of likely N-dealkylation sites (N-methyl/N-ethyl adjacent to an activating group) is 1. The number of carbonyl (C=O) groups excluding carboxylic acids is 2. The molecule has 0 spiro atoms. The van der Waals surface area contributed by atoms with Crippen LogP contribution in [-0.4, -0.2) is 80.6 Å². The molecule has 0 aromatic carbocycles. The molecule has 1 N–H and O–H groups in total. The largest absolute Gasteiger partial charge is 0.477 e. The number of unbranched alkanes of at least 4 members (excludes halogenated alkanes) is 22. The molecule has 0 aromatic heterocycles. The van der Waals surface area contributed by atoms with Gasteiger partial charge in [-0.15, -0.1) is 0 Å². The van der Waals surface area contributed by atoms with Crippen LogP contribution in [0.5, 0.6) is 0 Å². The van der Waals surface area contributed by atoms with Crippen molar-refractivity contribution in [1.29, 1.82) is 0 Å². The van der Waals surface area contributed by atoms with Gasteiger partial charge in [-0.1, -0.05) is 208 Å². The maximum Gasteiger partial charge on any atom is 0.362 e. The number of ether oxygens (including phenoxy) is 3. The normalized spacial score (nSPS) is 13.5. The summed E-state index contributed by atoms with van der Waals surface area (Å²) in [6, 6.07) is -0.623. The van der Waals surface area contributed by atoms with Crippen molar-refractivity contribution in [3.8, 4) is 0 Å². The SMILES string of the molecule is CC/C=C/C/C=C/C/C=C/C/C=C/C/C=C/CCCCCCCCCC(=O)OCC(COCCC(C(=O)O)[N+](C)(C)C)OC(=O)CCCCCCCCC/C=C/C/C=C/CCCCCCCCCC. The van der Waals surface area contributed by atoms with Crippen molar-refractivity contribution in [3.05, 3.63) is 85.1 Å². The van der Waals surface area contributed by atoms with Gasteiger partial charge in [0.1, 0.15) is 6.61 Å². The zero-order chi connectivity index (χ0) is 50.6. The van der Waals surface area contributed by atoms with E-state index in [0.717, 1.165) is 89.9 Å². The number of rotatable bonds is 50. The molecule has 8 nitrogen and oxygen atoms in total. The van der Waals surface area contributed by atoms with Crippen LogP contribution in [0.4, 0.5) is 0 Å². The highest BCUT2D eigenvalue weighted by Gasteiger charge is 2.31. The predicted octanol–water partition coefficient (Wildman–Crippen LogP) is 16.8. The summed E-state index contributed by atoms with van der Waals surface area (Å²) in [5.74, 6) is -1.49. The second kappa shape index (κ2) is 50.9. The monoisotopic (exact) mass is 965 g/mol. The lowest BCUT2D eigenvalue weighted by Crippen LogP contribution is -2.50. The van der Waals surface area contributed by atoms with Crippen LogP contribution in [0.3, 0.4) is 0 Å². The van der Waals surface area contributed by atoms with E-state index in [1.807, 2.05) is 21.1 Å². The number of quaternary nitrogens is 1. The first kappa shape index (κ1) is 65.5. The predicted molar refractivity (Wildman–Crippen MR) is 293 cm³/mol. The van der Waals surface area contributed by atoms with Crippen LogP contribution < -0.4 is 0 Å². The van der Waals surface area contributed by atoms with Gasteiger partial charge in [-0.25, -0.2) is 4.79 Å². The Hall–Kier alpha value is -3.49. The zero-order valence-electron chi connectivity index (χ0n) is 45.2. The molecule has 2 atom stereocenters. The first-order chi connectivity index (χ1) is 33.6. The molecule has 0 bridgehead atoms. The lowest BCUT2D eigenvalue weighted by atomic mass is 10.1. The van der Waals surface area contributed by atoms with Crippen molar-refractivity contribution in [3.63, 3.8) is 0 Å². The highest BCUT2D eigenvalue weighted by atomic mass is 16.6. The zero-order valence-corrected chi connectivity index (χ0v) is 45.2. The number of carboxylic acid groups (broad SMARTS) is 1. The van der Waals surface area contributed by atoms with Gasteiger partial charge in [-0.05, 0) is 89.9 Å². The molecular weight excluding hydrogens is 859 g/mol. The fraction of sp³-hybridized carbons (Fsp3) is 0.721. The Morgan fingerprint density at radius 3 is 1.20 bits per heavy atom. The van der Waals surface area contributed by atoms with Gasteiger partial charge in [-0.3, -0.25) is 9.59 Å².